The normalized spacial score (nSPS) is 15.9. The molecule has 1 aliphatic rings. The van der Waals surface area contributed by atoms with Crippen LogP contribution in [0.25, 0.3) is 10.1 Å². The number of carbonyl (C=O) groups excluding carboxylic acids is 1. The molecule has 0 saturated heterocycles. The number of carbonyl (C=O) groups is 2. The third kappa shape index (κ3) is 2.73. The molecule has 21 heavy (non-hydrogen) atoms. The van der Waals surface area contributed by atoms with Crippen LogP contribution in [0.15, 0.2) is 18.2 Å². The topological polar surface area (TPSA) is 66.4 Å². The molecule has 1 amide bonds. The average molecular weight is 328 g/mol. The predicted octanol–water partition coefficient (Wildman–Crippen LogP) is 3.29. The summed E-state index contributed by atoms with van der Waals surface area (Å²) < 4.78 is 13.8. The van der Waals surface area contributed by atoms with Crippen LogP contribution in [0.2, 0.25) is 5.02 Å². The van der Waals surface area contributed by atoms with Crippen molar-refractivity contribution >= 4 is 44.9 Å². The van der Waals surface area contributed by atoms with Gasteiger partial charge in [0.25, 0.3) is 5.91 Å². The Labute approximate surface area is 128 Å². The van der Waals surface area contributed by atoms with Gasteiger partial charge in [-0.3, -0.25) is 4.79 Å². The highest BCUT2D eigenvalue weighted by atomic mass is 35.5. The Morgan fingerprint density at radius 2 is 2.14 bits per heavy atom. The Balaban J connectivity index is 1.90. The quantitative estimate of drug-likeness (QED) is 0.905. The number of nitrogens with one attached hydrogen (secondary N) is 1. The monoisotopic (exact) mass is 327 g/mol. The molecule has 0 bridgehead atoms. The minimum atomic E-state index is -1.05. The van der Waals surface area contributed by atoms with E-state index in [4.69, 9.17) is 16.7 Å². The van der Waals surface area contributed by atoms with Crippen LogP contribution in [0.1, 0.15) is 22.5 Å². The number of rotatable bonds is 4. The minimum Gasteiger partial charge on any atom is -0.480 e. The number of carboxylic acid groups (broad SMARTS) is 1. The first-order valence-electron chi connectivity index (χ1n) is 6.38. The molecule has 1 heterocycles. The first-order valence-corrected chi connectivity index (χ1v) is 7.58. The molecule has 1 aromatic heterocycles. The lowest BCUT2D eigenvalue weighted by molar-refractivity contribution is -0.139. The van der Waals surface area contributed by atoms with Crippen molar-refractivity contribution in [1.29, 1.82) is 0 Å². The number of halogens is 2. The molecule has 110 valence electrons. The number of fused-ring (bicyclic) bond motifs is 1. The van der Waals surface area contributed by atoms with E-state index < -0.39 is 23.7 Å². The first-order chi connectivity index (χ1) is 9.97. The van der Waals surface area contributed by atoms with Crippen LogP contribution in [-0.2, 0) is 4.79 Å². The lowest BCUT2D eigenvalue weighted by atomic mass is 10.2. The van der Waals surface area contributed by atoms with E-state index >= 15 is 0 Å². The minimum absolute atomic E-state index is 0.0166. The number of thiophene rings is 1. The van der Waals surface area contributed by atoms with E-state index in [1.54, 1.807) is 0 Å². The van der Waals surface area contributed by atoms with Crippen LogP contribution in [0.5, 0.6) is 0 Å². The summed E-state index contributed by atoms with van der Waals surface area (Å²) in [5.74, 6) is -2.00. The summed E-state index contributed by atoms with van der Waals surface area (Å²) in [4.78, 5) is 23.6. The summed E-state index contributed by atoms with van der Waals surface area (Å²) in [5, 5.41) is 12.5. The molecule has 1 aromatic carbocycles. The van der Waals surface area contributed by atoms with Crippen LogP contribution in [0.4, 0.5) is 4.39 Å². The van der Waals surface area contributed by atoms with E-state index in [0.717, 1.165) is 24.2 Å². The third-order valence-corrected chi connectivity index (χ3v) is 5.10. The van der Waals surface area contributed by atoms with Gasteiger partial charge in [-0.25, -0.2) is 9.18 Å². The summed E-state index contributed by atoms with van der Waals surface area (Å²) >= 11 is 7.20. The van der Waals surface area contributed by atoms with Crippen molar-refractivity contribution in [1.82, 2.24) is 5.32 Å². The molecule has 1 saturated carbocycles. The van der Waals surface area contributed by atoms with Crippen molar-refractivity contribution in [3.8, 4) is 0 Å². The zero-order valence-corrected chi connectivity index (χ0v) is 12.3. The molecule has 3 rings (SSSR count). The molecule has 0 radical (unpaired) electrons. The fraction of sp³-hybridized carbons (Fsp3) is 0.286. The molecule has 1 fully saturated rings. The lowest BCUT2D eigenvalue weighted by Crippen LogP contribution is -2.42. The van der Waals surface area contributed by atoms with E-state index in [-0.39, 0.29) is 15.8 Å². The van der Waals surface area contributed by atoms with Gasteiger partial charge in [-0.05, 0) is 37.0 Å². The second kappa shape index (κ2) is 5.27. The summed E-state index contributed by atoms with van der Waals surface area (Å²) in [5.41, 5.74) is 0. The van der Waals surface area contributed by atoms with Crippen molar-refractivity contribution in [2.24, 2.45) is 5.92 Å². The van der Waals surface area contributed by atoms with Crippen LogP contribution in [-0.4, -0.2) is 23.0 Å². The van der Waals surface area contributed by atoms with Gasteiger partial charge in [-0.2, -0.15) is 0 Å². The summed E-state index contributed by atoms with van der Waals surface area (Å²) in [6.45, 7) is 0. The van der Waals surface area contributed by atoms with Crippen LogP contribution in [0.3, 0.4) is 0 Å². The van der Waals surface area contributed by atoms with Crippen LogP contribution < -0.4 is 5.32 Å². The van der Waals surface area contributed by atoms with Crippen molar-refractivity contribution in [2.45, 2.75) is 18.9 Å². The Bertz CT molecular complexity index is 741. The van der Waals surface area contributed by atoms with Crippen LogP contribution in [0, 0.1) is 11.7 Å². The number of carboxylic acids is 1. The maximum absolute atomic E-state index is 13.2. The average Bonchev–Trinajstić information content (AvgIpc) is 3.20. The van der Waals surface area contributed by atoms with Crippen LogP contribution >= 0.6 is 22.9 Å². The van der Waals surface area contributed by atoms with Crippen molar-refractivity contribution < 1.29 is 19.1 Å². The van der Waals surface area contributed by atoms with Gasteiger partial charge in [-0.15, -0.1) is 11.3 Å². The van der Waals surface area contributed by atoms with Gasteiger partial charge in [-0.1, -0.05) is 11.6 Å². The molecule has 1 aliphatic carbocycles. The largest absolute Gasteiger partial charge is 0.480 e. The molecule has 0 spiro atoms. The Morgan fingerprint density at radius 3 is 2.76 bits per heavy atom. The predicted molar refractivity (Wildman–Crippen MR) is 78.4 cm³/mol. The molecular weight excluding hydrogens is 317 g/mol. The fourth-order valence-corrected chi connectivity index (χ4v) is 3.65. The molecule has 4 nitrogen and oxygen atoms in total. The molecule has 2 aromatic rings. The maximum atomic E-state index is 13.2. The molecule has 7 heteroatoms. The Hall–Kier alpha value is -1.66. The van der Waals surface area contributed by atoms with E-state index in [1.807, 2.05) is 0 Å². The second-order valence-corrected chi connectivity index (χ2v) is 6.44. The van der Waals surface area contributed by atoms with Gasteiger partial charge in [0.1, 0.15) is 16.7 Å². The number of benzene rings is 1. The van der Waals surface area contributed by atoms with Gasteiger partial charge in [0.2, 0.25) is 0 Å². The molecule has 0 aliphatic heterocycles. The second-order valence-electron chi connectivity index (χ2n) is 5.01. The van der Waals surface area contributed by atoms with Gasteiger partial charge in [0.15, 0.2) is 0 Å². The lowest BCUT2D eigenvalue weighted by Gasteiger charge is -2.12. The van der Waals surface area contributed by atoms with E-state index in [0.29, 0.717) is 10.1 Å². The number of hydrogen-bond acceptors (Lipinski definition) is 3. The molecule has 1 atom stereocenters. The summed E-state index contributed by atoms with van der Waals surface area (Å²) in [7, 11) is 0. The van der Waals surface area contributed by atoms with E-state index in [2.05, 4.69) is 5.32 Å². The molecular formula is C14H11ClFNO3S. The highest BCUT2D eigenvalue weighted by Crippen LogP contribution is 2.37. The zero-order valence-electron chi connectivity index (χ0n) is 10.7. The van der Waals surface area contributed by atoms with Gasteiger partial charge >= 0.3 is 5.97 Å². The zero-order chi connectivity index (χ0) is 15.1. The van der Waals surface area contributed by atoms with Crippen molar-refractivity contribution in [3.63, 3.8) is 0 Å². The van der Waals surface area contributed by atoms with Crippen molar-refractivity contribution in [2.75, 3.05) is 0 Å². The maximum Gasteiger partial charge on any atom is 0.326 e. The number of hydrogen-bond donors (Lipinski definition) is 2. The Morgan fingerprint density at radius 1 is 1.43 bits per heavy atom. The molecule has 1 unspecified atom stereocenters. The van der Waals surface area contributed by atoms with Crippen molar-refractivity contribution in [3.05, 3.63) is 33.9 Å². The summed E-state index contributed by atoms with van der Waals surface area (Å²) in [6, 6.07) is 3.19. The summed E-state index contributed by atoms with van der Waals surface area (Å²) in [6.07, 6.45) is 1.59. The van der Waals surface area contributed by atoms with E-state index in [9.17, 15) is 14.0 Å². The van der Waals surface area contributed by atoms with Gasteiger partial charge in [0, 0.05) is 10.1 Å². The highest BCUT2D eigenvalue weighted by Gasteiger charge is 2.37. The third-order valence-electron chi connectivity index (χ3n) is 3.44. The first kappa shape index (κ1) is 14.3. The smallest absolute Gasteiger partial charge is 0.326 e. The Kier molecular flexibility index (Phi) is 3.59. The molecule has 2 N–H and O–H groups in total. The number of aliphatic carboxylic acids is 1. The van der Waals surface area contributed by atoms with Gasteiger partial charge in [0.05, 0.1) is 5.02 Å². The van der Waals surface area contributed by atoms with E-state index in [1.165, 1.54) is 18.2 Å². The highest BCUT2D eigenvalue weighted by molar-refractivity contribution is 7.21. The fourth-order valence-electron chi connectivity index (χ4n) is 2.20. The van der Waals surface area contributed by atoms with Gasteiger partial charge < -0.3 is 10.4 Å². The number of amides is 1. The SMILES string of the molecule is O=C(NC(C(=O)O)C1CC1)c1sc2cc(F)ccc2c1Cl. The standard InChI is InChI=1S/C14H11ClFNO3S/c15-10-8-4-3-7(16)5-9(8)21-12(10)13(18)17-11(14(19)20)6-1-2-6/h3-6,11H,1-2H2,(H,17,18)(H,19,20).